The largest absolute Gasteiger partial charge is 0.384 e. The van der Waals surface area contributed by atoms with Gasteiger partial charge in [0.1, 0.15) is 6.61 Å². The van der Waals surface area contributed by atoms with Crippen molar-refractivity contribution in [3.8, 4) is 11.8 Å². The summed E-state index contributed by atoms with van der Waals surface area (Å²) in [5.41, 5.74) is 1.32. The Morgan fingerprint density at radius 2 is 2.26 bits per heavy atom. The predicted molar refractivity (Wildman–Crippen MR) is 73.9 cm³/mol. The van der Waals surface area contributed by atoms with Crippen LogP contribution in [0.15, 0.2) is 24.3 Å². The van der Waals surface area contributed by atoms with Crippen LogP contribution in [0.5, 0.6) is 0 Å². The molecular formula is C15H19NO3. The SMILES string of the molecule is CCN(CCOC)C(=O)c1cccc(C#CCO)c1. The topological polar surface area (TPSA) is 49.8 Å². The van der Waals surface area contributed by atoms with Crippen molar-refractivity contribution in [2.75, 3.05) is 33.4 Å². The van der Waals surface area contributed by atoms with E-state index in [-0.39, 0.29) is 12.5 Å². The van der Waals surface area contributed by atoms with E-state index in [1.807, 2.05) is 13.0 Å². The second-order valence-corrected chi connectivity index (χ2v) is 3.92. The molecule has 102 valence electrons. The molecule has 4 nitrogen and oxygen atoms in total. The molecule has 1 aromatic carbocycles. The minimum Gasteiger partial charge on any atom is -0.384 e. The lowest BCUT2D eigenvalue weighted by Crippen LogP contribution is -2.33. The molecule has 0 aliphatic rings. The molecule has 1 amide bonds. The lowest BCUT2D eigenvalue weighted by Gasteiger charge is -2.20. The summed E-state index contributed by atoms with van der Waals surface area (Å²) in [6.07, 6.45) is 0. The molecular weight excluding hydrogens is 242 g/mol. The maximum Gasteiger partial charge on any atom is 0.253 e. The van der Waals surface area contributed by atoms with E-state index < -0.39 is 0 Å². The van der Waals surface area contributed by atoms with Crippen molar-refractivity contribution in [3.63, 3.8) is 0 Å². The number of aliphatic hydroxyl groups excluding tert-OH is 1. The van der Waals surface area contributed by atoms with Gasteiger partial charge in [-0.25, -0.2) is 0 Å². The zero-order chi connectivity index (χ0) is 14.1. The Morgan fingerprint density at radius 1 is 1.47 bits per heavy atom. The van der Waals surface area contributed by atoms with Gasteiger partial charge in [-0.3, -0.25) is 4.79 Å². The smallest absolute Gasteiger partial charge is 0.253 e. The number of rotatable bonds is 5. The van der Waals surface area contributed by atoms with Crippen molar-refractivity contribution < 1.29 is 14.6 Å². The minimum atomic E-state index is -0.187. The van der Waals surface area contributed by atoms with Gasteiger partial charge >= 0.3 is 0 Å². The summed E-state index contributed by atoms with van der Waals surface area (Å²) >= 11 is 0. The maximum atomic E-state index is 12.3. The number of nitrogens with zero attached hydrogens (tertiary/aromatic N) is 1. The second kappa shape index (κ2) is 8.30. The minimum absolute atomic E-state index is 0.0350. The lowest BCUT2D eigenvalue weighted by atomic mass is 10.1. The fourth-order valence-corrected chi connectivity index (χ4v) is 1.66. The van der Waals surface area contributed by atoms with Crippen molar-refractivity contribution in [3.05, 3.63) is 35.4 Å². The van der Waals surface area contributed by atoms with Crippen LogP contribution in [0.1, 0.15) is 22.8 Å². The van der Waals surface area contributed by atoms with Crippen LogP contribution in [-0.4, -0.2) is 49.3 Å². The molecule has 19 heavy (non-hydrogen) atoms. The number of ether oxygens (including phenoxy) is 1. The first kappa shape index (κ1) is 15.2. The Labute approximate surface area is 114 Å². The number of likely N-dealkylation sites (N-methyl/N-ethyl adjacent to an activating group) is 1. The first-order valence-electron chi connectivity index (χ1n) is 6.21. The molecule has 1 N–H and O–H groups in total. The molecule has 0 saturated heterocycles. The molecule has 4 heteroatoms. The van der Waals surface area contributed by atoms with Crippen molar-refractivity contribution in [1.29, 1.82) is 0 Å². The molecule has 0 heterocycles. The highest BCUT2D eigenvalue weighted by molar-refractivity contribution is 5.94. The van der Waals surface area contributed by atoms with Crippen molar-refractivity contribution in [2.24, 2.45) is 0 Å². The van der Waals surface area contributed by atoms with Gasteiger partial charge in [0.25, 0.3) is 5.91 Å². The molecule has 0 aliphatic heterocycles. The maximum absolute atomic E-state index is 12.3. The third-order valence-electron chi connectivity index (χ3n) is 2.66. The van der Waals surface area contributed by atoms with E-state index in [0.29, 0.717) is 25.3 Å². The number of benzene rings is 1. The van der Waals surface area contributed by atoms with Crippen molar-refractivity contribution in [1.82, 2.24) is 4.90 Å². The Balaban J connectivity index is 2.85. The average molecular weight is 261 g/mol. The summed E-state index contributed by atoms with van der Waals surface area (Å²) in [5.74, 6) is 5.33. The Morgan fingerprint density at radius 3 is 2.89 bits per heavy atom. The fourth-order valence-electron chi connectivity index (χ4n) is 1.66. The molecule has 1 aromatic rings. The quantitative estimate of drug-likeness (QED) is 0.809. The van der Waals surface area contributed by atoms with Crippen LogP contribution >= 0.6 is 0 Å². The predicted octanol–water partition coefficient (Wildman–Crippen LogP) is 1.14. The van der Waals surface area contributed by atoms with Gasteiger partial charge in [-0.2, -0.15) is 0 Å². The second-order valence-electron chi connectivity index (χ2n) is 3.92. The van der Waals surface area contributed by atoms with Gasteiger partial charge in [0, 0.05) is 31.3 Å². The van der Waals surface area contributed by atoms with E-state index in [1.165, 1.54) is 0 Å². The van der Waals surface area contributed by atoms with Crippen LogP contribution in [0.2, 0.25) is 0 Å². The lowest BCUT2D eigenvalue weighted by molar-refractivity contribution is 0.0706. The first-order valence-corrected chi connectivity index (χ1v) is 6.21. The highest BCUT2D eigenvalue weighted by Crippen LogP contribution is 2.08. The molecule has 0 radical (unpaired) electrons. The third-order valence-corrected chi connectivity index (χ3v) is 2.66. The summed E-state index contributed by atoms with van der Waals surface area (Å²) in [4.78, 5) is 14.0. The van der Waals surface area contributed by atoms with Crippen LogP contribution in [0.4, 0.5) is 0 Å². The van der Waals surface area contributed by atoms with Crippen LogP contribution < -0.4 is 0 Å². The number of carbonyl (C=O) groups excluding carboxylic acids is 1. The van der Waals surface area contributed by atoms with Crippen LogP contribution in [0.3, 0.4) is 0 Å². The molecule has 0 unspecified atom stereocenters. The molecule has 0 aliphatic carbocycles. The summed E-state index contributed by atoms with van der Waals surface area (Å²) in [7, 11) is 1.61. The molecule has 0 saturated carbocycles. The molecule has 0 bridgehead atoms. The van der Waals surface area contributed by atoms with Crippen LogP contribution in [0.25, 0.3) is 0 Å². The third kappa shape index (κ3) is 4.74. The number of hydrogen-bond acceptors (Lipinski definition) is 3. The van der Waals surface area contributed by atoms with E-state index in [4.69, 9.17) is 9.84 Å². The number of amides is 1. The molecule has 0 spiro atoms. The zero-order valence-corrected chi connectivity index (χ0v) is 11.3. The Kier molecular flexibility index (Phi) is 6.65. The van der Waals surface area contributed by atoms with E-state index >= 15 is 0 Å². The van der Waals surface area contributed by atoms with Gasteiger partial charge in [0.15, 0.2) is 0 Å². The van der Waals surface area contributed by atoms with Gasteiger partial charge in [-0.15, -0.1) is 0 Å². The van der Waals surface area contributed by atoms with E-state index in [0.717, 1.165) is 5.56 Å². The number of hydrogen-bond donors (Lipinski definition) is 1. The standard InChI is InChI=1S/C15H19NO3/c1-3-16(9-11-19-2)15(18)14-8-4-6-13(12-14)7-5-10-17/h4,6,8,12,17H,3,9-11H2,1-2H3. The number of carbonyl (C=O) groups is 1. The highest BCUT2D eigenvalue weighted by Gasteiger charge is 2.13. The van der Waals surface area contributed by atoms with E-state index in [9.17, 15) is 4.79 Å². The number of methoxy groups -OCH3 is 1. The average Bonchev–Trinajstić information content (AvgIpc) is 2.46. The van der Waals surface area contributed by atoms with Gasteiger partial charge in [-0.05, 0) is 25.1 Å². The van der Waals surface area contributed by atoms with Gasteiger partial charge in [-0.1, -0.05) is 17.9 Å². The summed E-state index contributed by atoms with van der Waals surface area (Å²) < 4.78 is 4.99. The summed E-state index contributed by atoms with van der Waals surface area (Å²) in [6.45, 7) is 3.47. The van der Waals surface area contributed by atoms with Gasteiger partial charge in [0.2, 0.25) is 0 Å². The van der Waals surface area contributed by atoms with E-state index in [2.05, 4.69) is 11.8 Å². The summed E-state index contributed by atoms with van der Waals surface area (Å²) in [5, 5.41) is 8.67. The normalized spacial score (nSPS) is 9.63. The van der Waals surface area contributed by atoms with E-state index in [1.54, 1.807) is 30.2 Å². The van der Waals surface area contributed by atoms with Crippen molar-refractivity contribution >= 4 is 5.91 Å². The zero-order valence-electron chi connectivity index (χ0n) is 11.3. The summed E-state index contributed by atoms with van der Waals surface area (Å²) in [6, 6.07) is 7.10. The molecule has 1 rings (SSSR count). The monoisotopic (exact) mass is 261 g/mol. The molecule has 0 fully saturated rings. The first-order chi connectivity index (χ1) is 9.22. The molecule has 0 atom stereocenters. The van der Waals surface area contributed by atoms with Crippen LogP contribution in [-0.2, 0) is 4.74 Å². The molecule has 0 aromatic heterocycles. The van der Waals surface area contributed by atoms with Gasteiger partial charge < -0.3 is 14.7 Å². The van der Waals surface area contributed by atoms with Gasteiger partial charge in [0.05, 0.1) is 6.61 Å². The Hall–Kier alpha value is -1.83. The van der Waals surface area contributed by atoms with Crippen LogP contribution in [0, 0.1) is 11.8 Å². The fraction of sp³-hybridized carbons (Fsp3) is 0.400. The Bertz CT molecular complexity index is 474. The highest BCUT2D eigenvalue weighted by atomic mass is 16.5. The number of aliphatic hydroxyl groups is 1. The van der Waals surface area contributed by atoms with Crippen molar-refractivity contribution in [2.45, 2.75) is 6.92 Å².